The van der Waals surface area contributed by atoms with Crippen molar-refractivity contribution in [2.75, 3.05) is 6.54 Å². The van der Waals surface area contributed by atoms with Gasteiger partial charge in [0.25, 0.3) is 0 Å². The summed E-state index contributed by atoms with van der Waals surface area (Å²) in [6.07, 6.45) is 3.79. The van der Waals surface area contributed by atoms with Gasteiger partial charge in [0.1, 0.15) is 5.75 Å². The van der Waals surface area contributed by atoms with Crippen molar-refractivity contribution in [2.24, 2.45) is 5.41 Å². The van der Waals surface area contributed by atoms with Gasteiger partial charge in [0.15, 0.2) is 0 Å². The summed E-state index contributed by atoms with van der Waals surface area (Å²) < 4.78 is 29.0. The average Bonchev–Trinajstić information content (AvgIpc) is 2.28. The molecule has 1 N–H and O–H groups in total. The van der Waals surface area contributed by atoms with E-state index in [-0.39, 0.29) is 5.75 Å². The van der Waals surface area contributed by atoms with Gasteiger partial charge in [-0.05, 0) is 24.3 Å². The highest BCUT2D eigenvalue weighted by molar-refractivity contribution is 5.33. The van der Waals surface area contributed by atoms with Gasteiger partial charge in [0.05, 0.1) is 0 Å². The van der Waals surface area contributed by atoms with E-state index in [0.29, 0.717) is 12.0 Å². The lowest BCUT2D eigenvalue weighted by Gasteiger charge is -2.38. The van der Waals surface area contributed by atoms with E-state index in [4.69, 9.17) is 0 Å². The van der Waals surface area contributed by atoms with E-state index in [1.54, 1.807) is 12.1 Å². The second-order valence-corrected chi connectivity index (χ2v) is 5.25. The summed E-state index contributed by atoms with van der Waals surface area (Å²) in [5.74, 6) is 0.263. The maximum atomic E-state index is 12.2. The first-order valence-corrected chi connectivity index (χ1v) is 6.32. The van der Waals surface area contributed by atoms with E-state index in [9.17, 15) is 8.78 Å². The van der Waals surface area contributed by atoms with Crippen LogP contribution in [0.3, 0.4) is 0 Å². The number of halogens is 2. The summed E-state index contributed by atoms with van der Waals surface area (Å²) in [6.45, 7) is 0.981. The third-order valence-electron chi connectivity index (χ3n) is 3.62. The highest BCUT2D eigenvalue weighted by Crippen LogP contribution is 2.39. The number of alkyl halides is 2. The first-order chi connectivity index (χ1) is 8.59. The zero-order valence-corrected chi connectivity index (χ0v) is 10.6. The summed E-state index contributed by atoms with van der Waals surface area (Å²) in [5, 5.41) is 3.33. The van der Waals surface area contributed by atoms with Crippen LogP contribution in [0.1, 0.15) is 31.7 Å². The van der Waals surface area contributed by atoms with Crippen LogP contribution in [0, 0.1) is 5.41 Å². The number of hydrogen-bond donors (Lipinski definition) is 1. The van der Waals surface area contributed by atoms with Gasteiger partial charge in [-0.2, -0.15) is 8.78 Å². The lowest BCUT2D eigenvalue weighted by atomic mass is 9.70. The van der Waals surface area contributed by atoms with E-state index in [2.05, 4.69) is 17.0 Å². The predicted molar refractivity (Wildman–Crippen MR) is 66.7 cm³/mol. The molecule has 0 aliphatic heterocycles. The fourth-order valence-electron chi connectivity index (χ4n) is 2.32. The number of nitrogens with one attached hydrogen (secondary N) is 1. The predicted octanol–water partition coefficient (Wildman–Crippen LogP) is 3.57. The smallest absolute Gasteiger partial charge is 0.387 e. The lowest BCUT2D eigenvalue weighted by molar-refractivity contribution is -0.0505. The van der Waals surface area contributed by atoms with Crippen LogP contribution in [0.2, 0.25) is 0 Å². The molecule has 1 aromatic carbocycles. The Labute approximate surface area is 106 Å². The number of para-hydroxylation sites is 1. The fraction of sp³-hybridized carbons (Fsp3) is 0.571. The van der Waals surface area contributed by atoms with Gasteiger partial charge in [0.2, 0.25) is 0 Å². The summed E-state index contributed by atoms with van der Waals surface area (Å²) in [5.41, 5.74) is 1.17. The van der Waals surface area contributed by atoms with E-state index >= 15 is 0 Å². The van der Waals surface area contributed by atoms with Gasteiger partial charge >= 0.3 is 6.61 Å². The van der Waals surface area contributed by atoms with Crippen LogP contribution in [0.25, 0.3) is 0 Å². The van der Waals surface area contributed by atoms with Gasteiger partial charge in [-0.15, -0.1) is 0 Å². The summed E-state index contributed by atoms with van der Waals surface area (Å²) in [4.78, 5) is 0. The van der Waals surface area contributed by atoms with E-state index in [1.165, 1.54) is 19.3 Å². The zero-order chi connectivity index (χ0) is 13.0. The number of hydrogen-bond acceptors (Lipinski definition) is 2. The molecular weight excluding hydrogens is 236 g/mol. The molecule has 2 nitrogen and oxygen atoms in total. The van der Waals surface area contributed by atoms with E-state index < -0.39 is 6.61 Å². The van der Waals surface area contributed by atoms with Gasteiger partial charge in [0, 0.05) is 18.7 Å². The minimum atomic E-state index is -2.77. The molecule has 4 heteroatoms. The average molecular weight is 255 g/mol. The van der Waals surface area contributed by atoms with Crippen LogP contribution in [-0.2, 0) is 6.54 Å². The second kappa shape index (κ2) is 5.65. The molecular formula is C14H19F2NO. The minimum Gasteiger partial charge on any atom is -0.434 e. The molecule has 1 aliphatic rings. The quantitative estimate of drug-likeness (QED) is 0.839. The molecule has 0 atom stereocenters. The molecule has 1 aliphatic carbocycles. The van der Waals surface area contributed by atoms with Crippen molar-refractivity contribution in [1.29, 1.82) is 0 Å². The van der Waals surface area contributed by atoms with Crippen molar-refractivity contribution in [3.05, 3.63) is 29.8 Å². The third-order valence-corrected chi connectivity index (χ3v) is 3.62. The van der Waals surface area contributed by atoms with Crippen molar-refractivity contribution < 1.29 is 13.5 Å². The molecule has 0 radical (unpaired) electrons. The lowest BCUT2D eigenvalue weighted by Crippen LogP contribution is -2.37. The van der Waals surface area contributed by atoms with E-state index in [0.717, 1.165) is 12.1 Å². The van der Waals surface area contributed by atoms with Crippen molar-refractivity contribution in [1.82, 2.24) is 5.32 Å². The molecule has 0 unspecified atom stereocenters. The second-order valence-electron chi connectivity index (χ2n) is 5.25. The summed E-state index contributed by atoms with van der Waals surface area (Å²) in [6, 6.07) is 6.93. The summed E-state index contributed by atoms with van der Waals surface area (Å²) >= 11 is 0. The highest BCUT2D eigenvalue weighted by Gasteiger charge is 2.30. The molecule has 0 heterocycles. The molecule has 1 aromatic rings. The van der Waals surface area contributed by atoms with Crippen LogP contribution in [-0.4, -0.2) is 13.2 Å². The van der Waals surface area contributed by atoms with Crippen molar-refractivity contribution in [2.45, 2.75) is 39.3 Å². The molecule has 0 spiro atoms. The highest BCUT2D eigenvalue weighted by atomic mass is 19.3. The van der Waals surface area contributed by atoms with Crippen LogP contribution in [0.5, 0.6) is 5.75 Å². The standard InChI is InChI=1S/C14H19F2NO/c1-14(7-4-8-14)10-17-9-11-5-2-3-6-12(11)18-13(15)16/h2-3,5-6,13,17H,4,7-10H2,1H3. The molecule has 1 saturated carbocycles. The maximum absolute atomic E-state index is 12.2. The fourth-order valence-corrected chi connectivity index (χ4v) is 2.32. The van der Waals surface area contributed by atoms with Crippen LogP contribution < -0.4 is 10.1 Å². The topological polar surface area (TPSA) is 21.3 Å². The molecule has 0 aromatic heterocycles. The van der Waals surface area contributed by atoms with Gasteiger partial charge in [-0.1, -0.05) is 31.5 Å². The minimum absolute atomic E-state index is 0.263. The Hall–Kier alpha value is -1.16. The van der Waals surface area contributed by atoms with Crippen LogP contribution in [0.15, 0.2) is 24.3 Å². The number of benzene rings is 1. The Bertz CT molecular complexity index is 391. The molecule has 1 fully saturated rings. The van der Waals surface area contributed by atoms with E-state index in [1.807, 2.05) is 12.1 Å². The van der Waals surface area contributed by atoms with Crippen LogP contribution in [0.4, 0.5) is 8.78 Å². The van der Waals surface area contributed by atoms with Gasteiger partial charge in [-0.25, -0.2) is 0 Å². The number of rotatable bonds is 6. The van der Waals surface area contributed by atoms with Gasteiger partial charge in [-0.3, -0.25) is 0 Å². The molecule has 0 bridgehead atoms. The van der Waals surface area contributed by atoms with Crippen molar-refractivity contribution >= 4 is 0 Å². The first-order valence-electron chi connectivity index (χ1n) is 6.32. The first kappa shape index (κ1) is 13.3. The summed E-state index contributed by atoms with van der Waals surface area (Å²) in [7, 11) is 0. The maximum Gasteiger partial charge on any atom is 0.387 e. The Kier molecular flexibility index (Phi) is 4.17. The Morgan fingerprint density at radius 1 is 1.33 bits per heavy atom. The molecule has 0 amide bonds. The van der Waals surface area contributed by atoms with Crippen molar-refractivity contribution in [3.63, 3.8) is 0 Å². The molecule has 100 valence electrons. The Morgan fingerprint density at radius 3 is 2.67 bits per heavy atom. The normalized spacial score (nSPS) is 17.6. The van der Waals surface area contributed by atoms with Crippen LogP contribution >= 0.6 is 0 Å². The SMILES string of the molecule is CC1(CNCc2ccccc2OC(F)F)CCC1. The Morgan fingerprint density at radius 2 is 2.06 bits per heavy atom. The third kappa shape index (κ3) is 3.42. The van der Waals surface area contributed by atoms with Gasteiger partial charge < -0.3 is 10.1 Å². The number of ether oxygens (including phenoxy) is 1. The zero-order valence-electron chi connectivity index (χ0n) is 10.6. The molecule has 18 heavy (non-hydrogen) atoms. The molecule has 2 rings (SSSR count). The monoisotopic (exact) mass is 255 g/mol. The largest absolute Gasteiger partial charge is 0.434 e. The Balaban J connectivity index is 1.88. The van der Waals surface area contributed by atoms with Crippen molar-refractivity contribution in [3.8, 4) is 5.75 Å². The molecule has 0 saturated heterocycles.